The van der Waals surface area contributed by atoms with Gasteiger partial charge in [0.25, 0.3) is 0 Å². The summed E-state index contributed by atoms with van der Waals surface area (Å²) in [6.45, 7) is 0.507. The number of nitrogens with one attached hydrogen (secondary N) is 1. The maximum Gasteiger partial charge on any atom is 0.337 e. The number of ether oxygens (including phenoxy) is 2. The molecule has 1 N–H and O–H groups in total. The number of hydrogen-bond donors (Lipinski definition) is 1. The minimum Gasteiger partial charge on any atom is -0.489 e. The monoisotopic (exact) mass is 387 g/mol. The van der Waals surface area contributed by atoms with Crippen LogP contribution in [0.2, 0.25) is 0 Å². The summed E-state index contributed by atoms with van der Waals surface area (Å²) in [6, 6.07) is 23.9. The Kier molecular flexibility index (Phi) is 6.79. The van der Waals surface area contributed by atoms with Crippen LogP contribution in [0.4, 0.5) is 5.69 Å². The minimum atomic E-state index is -0.418. The molecule has 0 heterocycles. The molecule has 3 rings (SSSR count). The largest absolute Gasteiger partial charge is 0.489 e. The van der Waals surface area contributed by atoms with Gasteiger partial charge in [0.2, 0.25) is 5.91 Å². The lowest BCUT2D eigenvalue weighted by molar-refractivity contribution is -0.111. The normalized spacial score (nSPS) is 10.5. The molecule has 0 aliphatic rings. The fraction of sp³-hybridized carbons (Fsp3) is 0.0833. The highest BCUT2D eigenvalue weighted by molar-refractivity contribution is 6.02. The lowest BCUT2D eigenvalue weighted by atomic mass is 10.2. The van der Waals surface area contributed by atoms with E-state index in [2.05, 4.69) is 10.1 Å². The van der Waals surface area contributed by atoms with Crippen LogP contribution in [0.3, 0.4) is 0 Å². The second-order valence-corrected chi connectivity index (χ2v) is 6.23. The van der Waals surface area contributed by atoms with Crippen LogP contribution in [0.25, 0.3) is 6.08 Å². The smallest absolute Gasteiger partial charge is 0.337 e. The Hall–Kier alpha value is -3.86. The first-order valence-electron chi connectivity index (χ1n) is 9.08. The molecule has 0 spiro atoms. The molecule has 5 nitrogen and oxygen atoms in total. The fourth-order valence-corrected chi connectivity index (χ4v) is 2.58. The molecule has 0 unspecified atom stereocenters. The zero-order chi connectivity index (χ0) is 20.5. The standard InChI is InChI=1S/C24H21NO4/c1-28-24(27)20-10-12-21(13-11-20)25-23(26)16-9-18-7-14-22(15-8-18)29-17-19-5-3-2-4-6-19/h2-16H,17H2,1H3,(H,25,26)/b16-9+. The van der Waals surface area contributed by atoms with E-state index < -0.39 is 5.97 Å². The Bertz CT molecular complexity index is 978. The number of esters is 1. The summed E-state index contributed by atoms with van der Waals surface area (Å²) in [7, 11) is 1.32. The van der Waals surface area contributed by atoms with Crippen molar-refractivity contribution in [1.82, 2.24) is 0 Å². The molecule has 0 atom stereocenters. The van der Waals surface area contributed by atoms with Gasteiger partial charge < -0.3 is 14.8 Å². The van der Waals surface area contributed by atoms with Gasteiger partial charge in [-0.15, -0.1) is 0 Å². The number of anilines is 1. The first-order chi connectivity index (χ1) is 14.1. The summed E-state index contributed by atoms with van der Waals surface area (Å²) >= 11 is 0. The first-order valence-corrected chi connectivity index (χ1v) is 9.08. The van der Waals surface area contributed by atoms with Crippen molar-refractivity contribution in [1.29, 1.82) is 0 Å². The molecule has 0 aliphatic carbocycles. The molecular weight excluding hydrogens is 366 g/mol. The van der Waals surface area contributed by atoms with Gasteiger partial charge in [0.1, 0.15) is 12.4 Å². The highest BCUT2D eigenvalue weighted by Gasteiger charge is 2.05. The minimum absolute atomic E-state index is 0.264. The average Bonchev–Trinajstić information content (AvgIpc) is 2.77. The van der Waals surface area contributed by atoms with Gasteiger partial charge in [-0.05, 0) is 53.6 Å². The maximum atomic E-state index is 12.1. The zero-order valence-electron chi connectivity index (χ0n) is 16.0. The van der Waals surface area contributed by atoms with E-state index in [0.29, 0.717) is 17.9 Å². The Morgan fingerprint density at radius 1 is 0.897 bits per heavy atom. The topological polar surface area (TPSA) is 64.6 Å². The van der Waals surface area contributed by atoms with Gasteiger partial charge in [-0.25, -0.2) is 4.79 Å². The van der Waals surface area contributed by atoms with Gasteiger partial charge in [0.15, 0.2) is 0 Å². The van der Waals surface area contributed by atoms with Gasteiger partial charge in [0, 0.05) is 11.8 Å². The first kappa shape index (κ1) is 19.9. The highest BCUT2D eigenvalue weighted by atomic mass is 16.5. The maximum absolute atomic E-state index is 12.1. The number of carbonyl (C=O) groups excluding carboxylic acids is 2. The Morgan fingerprint density at radius 2 is 1.59 bits per heavy atom. The van der Waals surface area contributed by atoms with Crippen LogP contribution in [0.5, 0.6) is 5.75 Å². The Balaban J connectivity index is 1.51. The molecule has 0 aliphatic heterocycles. The van der Waals surface area contributed by atoms with Crippen molar-refractivity contribution in [2.45, 2.75) is 6.61 Å². The lowest BCUT2D eigenvalue weighted by Gasteiger charge is -2.06. The van der Waals surface area contributed by atoms with E-state index in [1.807, 2.05) is 54.6 Å². The molecule has 0 radical (unpaired) electrons. The van der Waals surface area contributed by atoms with E-state index in [9.17, 15) is 9.59 Å². The van der Waals surface area contributed by atoms with Crippen molar-refractivity contribution in [2.24, 2.45) is 0 Å². The van der Waals surface area contributed by atoms with E-state index in [-0.39, 0.29) is 5.91 Å². The third kappa shape index (κ3) is 6.07. The molecular formula is C24H21NO4. The third-order valence-electron chi connectivity index (χ3n) is 4.13. The summed E-state index contributed by atoms with van der Waals surface area (Å²) < 4.78 is 10.4. The molecule has 29 heavy (non-hydrogen) atoms. The van der Waals surface area contributed by atoms with Gasteiger partial charge >= 0.3 is 5.97 Å². The number of methoxy groups -OCH3 is 1. The number of hydrogen-bond acceptors (Lipinski definition) is 4. The van der Waals surface area contributed by atoms with E-state index in [1.54, 1.807) is 30.3 Å². The number of amides is 1. The SMILES string of the molecule is COC(=O)c1ccc(NC(=O)/C=C/c2ccc(OCc3ccccc3)cc2)cc1. The summed E-state index contributed by atoms with van der Waals surface area (Å²) in [4.78, 5) is 23.5. The molecule has 3 aromatic rings. The molecule has 0 saturated heterocycles. The molecule has 0 bridgehead atoms. The van der Waals surface area contributed by atoms with Gasteiger partial charge in [-0.3, -0.25) is 4.79 Å². The predicted molar refractivity (Wildman–Crippen MR) is 113 cm³/mol. The van der Waals surface area contributed by atoms with Gasteiger partial charge in [-0.2, -0.15) is 0 Å². The molecule has 146 valence electrons. The number of rotatable bonds is 7. The third-order valence-corrected chi connectivity index (χ3v) is 4.13. The van der Waals surface area contributed by atoms with E-state index >= 15 is 0 Å². The van der Waals surface area contributed by atoms with Crippen LogP contribution in [-0.2, 0) is 16.1 Å². The van der Waals surface area contributed by atoms with Crippen molar-refractivity contribution in [2.75, 3.05) is 12.4 Å². The Morgan fingerprint density at radius 3 is 2.24 bits per heavy atom. The predicted octanol–water partition coefficient (Wildman–Crippen LogP) is 4.70. The van der Waals surface area contributed by atoms with Crippen LogP contribution < -0.4 is 10.1 Å². The zero-order valence-corrected chi connectivity index (χ0v) is 16.0. The van der Waals surface area contributed by atoms with Gasteiger partial charge in [-0.1, -0.05) is 42.5 Å². The van der Waals surface area contributed by atoms with Crippen LogP contribution in [-0.4, -0.2) is 19.0 Å². The van der Waals surface area contributed by atoms with Crippen molar-refractivity contribution in [3.8, 4) is 5.75 Å². The summed E-state index contributed by atoms with van der Waals surface area (Å²) in [5.41, 5.74) is 3.01. The molecule has 1 amide bonds. The van der Waals surface area contributed by atoms with Gasteiger partial charge in [0.05, 0.1) is 12.7 Å². The summed E-state index contributed by atoms with van der Waals surface area (Å²) in [5, 5.41) is 2.74. The molecule has 3 aromatic carbocycles. The molecule has 0 aromatic heterocycles. The molecule has 0 fully saturated rings. The second kappa shape index (κ2) is 9.90. The second-order valence-electron chi connectivity index (χ2n) is 6.23. The highest BCUT2D eigenvalue weighted by Crippen LogP contribution is 2.15. The molecule has 5 heteroatoms. The fourth-order valence-electron chi connectivity index (χ4n) is 2.58. The van der Waals surface area contributed by atoms with Crippen LogP contribution >= 0.6 is 0 Å². The quantitative estimate of drug-likeness (QED) is 0.471. The Labute approximate surface area is 169 Å². The van der Waals surface area contributed by atoms with Crippen LogP contribution in [0.1, 0.15) is 21.5 Å². The number of benzene rings is 3. The van der Waals surface area contributed by atoms with Crippen molar-refractivity contribution in [3.05, 3.63) is 102 Å². The average molecular weight is 387 g/mol. The van der Waals surface area contributed by atoms with Crippen molar-refractivity contribution < 1.29 is 19.1 Å². The van der Waals surface area contributed by atoms with Crippen molar-refractivity contribution >= 4 is 23.6 Å². The summed E-state index contributed by atoms with van der Waals surface area (Å²) in [6.07, 6.45) is 3.17. The van der Waals surface area contributed by atoms with E-state index in [0.717, 1.165) is 16.9 Å². The number of carbonyl (C=O) groups is 2. The van der Waals surface area contributed by atoms with Crippen LogP contribution in [0.15, 0.2) is 84.9 Å². The lowest BCUT2D eigenvalue weighted by Crippen LogP contribution is -2.08. The summed E-state index contributed by atoms with van der Waals surface area (Å²) in [5.74, 6) is 0.0836. The van der Waals surface area contributed by atoms with E-state index in [1.165, 1.54) is 13.2 Å². The molecule has 0 saturated carbocycles. The van der Waals surface area contributed by atoms with Crippen molar-refractivity contribution in [3.63, 3.8) is 0 Å². The van der Waals surface area contributed by atoms with Crippen LogP contribution in [0, 0.1) is 0 Å². The van der Waals surface area contributed by atoms with E-state index in [4.69, 9.17) is 4.74 Å².